The zero-order chi connectivity index (χ0) is 11.4. The lowest BCUT2D eigenvalue weighted by molar-refractivity contribution is 0.575. The minimum absolute atomic E-state index is 0.133. The van der Waals surface area contributed by atoms with Crippen LogP contribution in [0.3, 0.4) is 0 Å². The molecule has 0 bridgehead atoms. The Labute approximate surface area is 99.3 Å². The van der Waals surface area contributed by atoms with Gasteiger partial charge in [0.2, 0.25) is 10.0 Å². The molecule has 1 heterocycles. The second-order valence-corrected chi connectivity index (χ2v) is 6.49. The quantitative estimate of drug-likeness (QED) is 0.741. The molecule has 0 aliphatic heterocycles. The van der Waals surface area contributed by atoms with Crippen LogP contribution in [0.5, 0.6) is 0 Å². The van der Waals surface area contributed by atoms with Gasteiger partial charge in [0.1, 0.15) is 0 Å². The Morgan fingerprint density at radius 3 is 2.94 bits per heavy atom. The Bertz CT molecular complexity index is 412. The fourth-order valence-electron chi connectivity index (χ4n) is 1.27. The van der Waals surface area contributed by atoms with E-state index in [1.165, 1.54) is 24.2 Å². The number of aromatic nitrogens is 1. The Morgan fingerprint density at radius 1 is 1.50 bits per heavy atom. The van der Waals surface area contributed by atoms with Crippen LogP contribution in [0.15, 0.2) is 10.9 Å². The molecule has 16 heavy (non-hydrogen) atoms. The van der Waals surface area contributed by atoms with Crippen molar-refractivity contribution >= 4 is 21.4 Å². The van der Waals surface area contributed by atoms with Crippen molar-refractivity contribution in [1.29, 1.82) is 0 Å². The summed E-state index contributed by atoms with van der Waals surface area (Å²) in [5, 5.41) is 5.01. The van der Waals surface area contributed by atoms with Gasteiger partial charge in [-0.1, -0.05) is 0 Å². The summed E-state index contributed by atoms with van der Waals surface area (Å²) in [5.74, 6) is 0.133. The molecule has 0 amide bonds. The first-order valence-corrected chi connectivity index (χ1v) is 7.83. The van der Waals surface area contributed by atoms with Gasteiger partial charge in [0.15, 0.2) is 0 Å². The molecule has 1 fully saturated rings. The normalized spacial score (nSPS) is 16.5. The monoisotopic (exact) mass is 261 g/mol. The standard InChI is InChI=1S/C9H15N3O2S2/c13-16(14,4-3-10-8-1-2-8)12-5-9-6-15-7-11-9/h6-8,10,12H,1-5H2. The van der Waals surface area contributed by atoms with Gasteiger partial charge in [0, 0.05) is 18.0 Å². The fraction of sp³-hybridized carbons (Fsp3) is 0.667. The van der Waals surface area contributed by atoms with Crippen molar-refractivity contribution in [2.24, 2.45) is 0 Å². The molecule has 2 N–H and O–H groups in total. The maximum absolute atomic E-state index is 11.6. The van der Waals surface area contributed by atoms with Crippen LogP contribution in [0.2, 0.25) is 0 Å². The highest BCUT2D eigenvalue weighted by molar-refractivity contribution is 7.89. The predicted octanol–water partition coefficient (Wildman–Crippen LogP) is 0.314. The van der Waals surface area contributed by atoms with Crippen LogP contribution in [0, 0.1) is 0 Å². The van der Waals surface area contributed by atoms with E-state index in [2.05, 4.69) is 15.0 Å². The highest BCUT2D eigenvalue weighted by Crippen LogP contribution is 2.17. The molecule has 1 aromatic heterocycles. The summed E-state index contributed by atoms with van der Waals surface area (Å²) in [6.07, 6.45) is 2.35. The van der Waals surface area contributed by atoms with Gasteiger partial charge in [0.25, 0.3) is 0 Å². The van der Waals surface area contributed by atoms with Crippen molar-refractivity contribution in [2.75, 3.05) is 12.3 Å². The van der Waals surface area contributed by atoms with Crippen LogP contribution in [0.1, 0.15) is 18.5 Å². The Morgan fingerprint density at radius 2 is 2.31 bits per heavy atom. The summed E-state index contributed by atoms with van der Waals surface area (Å²) >= 11 is 1.46. The SMILES string of the molecule is O=S(=O)(CCNC1CC1)NCc1cscn1. The second kappa shape index (κ2) is 5.22. The first-order chi connectivity index (χ1) is 7.66. The molecule has 5 nitrogen and oxygen atoms in total. The number of nitrogens with zero attached hydrogens (tertiary/aromatic N) is 1. The van der Waals surface area contributed by atoms with E-state index < -0.39 is 10.0 Å². The van der Waals surface area contributed by atoms with E-state index >= 15 is 0 Å². The van der Waals surface area contributed by atoms with E-state index in [0.29, 0.717) is 12.6 Å². The topological polar surface area (TPSA) is 71.1 Å². The van der Waals surface area contributed by atoms with Gasteiger partial charge in [-0.3, -0.25) is 0 Å². The Hall–Kier alpha value is -0.500. The fourth-order valence-corrected chi connectivity index (χ4v) is 2.72. The zero-order valence-electron chi connectivity index (χ0n) is 8.85. The number of rotatable bonds is 7. The number of thiazole rings is 1. The summed E-state index contributed by atoms with van der Waals surface area (Å²) < 4.78 is 25.6. The molecular weight excluding hydrogens is 246 g/mol. The molecule has 0 saturated heterocycles. The van der Waals surface area contributed by atoms with Crippen LogP contribution >= 0.6 is 11.3 Å². The van der Waals surface area contributed by atoms with Gasteiger partial charge in [-0.15, -0.1) is 11.3 Å². The van der Waals surface area contributed by atoms with Crippen molar-refractivity contribution in [3.63, 3.8) is 0 Å². The summed E-state index contributed by atoms with van der Waals surface area (Å²) in [7, 11) is -3.17. The lowest BCUT2D eigenvalue weighted by Crippen LogP contribution is -2.32. The van der Waals surface area contributed by atoms with Crippen LogP contribution in [0.25, 0.3) is 0 Å². The molecule has 7 heteroatoms. The van der Waals surface area contributed by atoms with Gasteiger partial charge in [-0.2, -0.15) is 0 Å². The molecule has 0 spiro atoms. The molecule has 0 unspecified atom stereocenters. The van der Waals surface area contributed by atoms with E-state index in [9.17, 15) is 8.42 Å². The molecular formula is C9H15N3O2S2. The Kier molecular flexibility index (Phi) is 3.91. The smallest absolute Gasteiger partial charge is 0.213 e. The Balaban J connectivity index is 1.69. The molecule has 1 saturated carbocycles. The number of sulfonamides is 1. The molecule has 2 rings (SSSR count). The largest absolute Gasteiger partial charge is 0.313 e. The third-order valence-electron chi connectivity index (χ3n) is 2.34. The second-order valence-electron chi connectivity index (χ2n) is 3.85. The molecule has 90 valence electrons. The highest BCUT2D eigenvalue weighted by atomic mass is 32.2. The first-order valence-electron chi connectivity index (χ1n) is 5.23. The minimum atomic E-state index is -3.17. The van der Waals surface area contributed by atoms with Crippen molar-refractivity contribution in [3.05, 3.63) is 16.6 Å². The van der Waals surface area contributed by atoms with E-state index in [1.807, 2.05) is 5.38 Å². The summed E-state index contributed by atoms with van der Waals surface area (Å²) in [4.78, 5) is 4.01. The van der Waals surface area contributed by atoms with Gasteiger partial charge in [0.05, 0.1) is 23.5 Å². The summed E-state index contributed by atoms with van der Waals surface area (Å²) in [6, 6.07) is 0.550. The van der Waals surface area contributed by atoms with E-state index in [-0.39, 0.29) is 12.3 Å². The minimum Gasteiger partial charge on any atom is -0.313 e. The van der Waals surface area contributed by atoms with Crippen molar-refractivity contribution in [3.8, 4) is 0 Å². The average molecular weight is 261 g/mol. The lowest BCUT2D eigenvalue weighted by Gasteiger charge is -2.05. The third-order valence-corrected chi connectivity index (χ3v) is 4.30. The molecule has 0 aromatic carbocycles. The van der Waals surface area contributed by atoms with Crippen molar-refractivity contribution in [2.45, 2.75) is 25.4 Å². The van der Waals surface area contributed by atoms with Crippen molar-refractivity contribution < 1.29 is 8.42 Å². The maximum atomic E-state index is 11.6. The average Bonchev–Trinajstić information content (AvgIpc) is 2.91. The van der Waals surface area contributed by atoms with Gasteiger partial charge < -0.3 is 5.32 Å². The number of nitrogens with one attached hydrogen (secondary N) is 2. The summed E-state index contributed by atoms with van der Waals surface area (Å²) in [6.45, 7) is 0.812. The van der Waals surface area contributed by atoms with Crippen LogP contribution in [0.4, 0.5) is 0 Å². The van der Waals surface area contributed by atoms with E-state index in [0.717, 1.165) is 5.69 Å². The molecule has 1 aliphatic rings. The van der Waals surface area contributed by atoms with Gasteiger partial charge >= 0.3 is 0 Å². The van der Waals surface area contributed by atoms with E-state index in [1.54, 1.807) is 5.51 Å². The molecule has 0 atom stereocenters. The summed E-state index contributed by atoms with van der Waals surface area (Å²) in [5.41, 5.74) is 2.46. The number of hydrogen-bond acceptors (Lipinski definition) is 5. The van der Waals surface area contributed by atoms with Gasteiger partial charge in [-0.05, 0) is 12.8 Å². The zero-order valence-corrected chi connectivity index (χ0v) is 10.5. The van der Waals surface area contributed by atoms with E-state index in [4.69, 9.17) is 0 Å². The van der Waals surface area contributed by atoms with Crippen molar-refractivity contribution in [1.82, 2.24) is 15.0 Å². The number of hydrogen-bond donors (Lipinski definition) is 2. The highest BCUT2D eigenvalue weighted by Gasteiger charge is 2.21. The van der Waals surface area contributed by atoms with Crippen LogP contribution in [-0.2, 0) is 16.6 Å². The first kappa shape index (κ1) is 12.0. The molecule has 1 aromatic rings. The lowest BCUT2D eigenvalue weighted by atomic mass is 10.5. The third kappa shape index (κ3) is 4.17. The van der Waals surface area contributed by atoms with Gasteiger partial charge in [-0.25, -0.2) is 18.1 Å². The molecule has 0 radical (unpaired) electrons. The maximum Gasteiger partial charge on any atom is 0.213 e. The van der Waals surface area contributed by atoms with Crippen LogP contribution < -0.4 is 10.0 Å². The molecule has 1 aliphatic carbocycles. The predicted molar refractivity (Wildman–Crippen MR) is 63.8 cm³/mol. The van der Waals surface area contributed by atoms with Crippen LogP contribution in [-0.4, -0.2) is 31.7 Å².